The van der Waals surface area contributed by atoms with Gasteiger partial charge in [-0.15, -0.1) is 0 Å². The van der Waals surface area contributed by atoms with Gasteiger partial charge in [0, 0.05) is 10.7 Å². The number of nitrogens with zero attached hydrogens (tertiary/aromatic N) is 1. The smallest absolute Gasteiger partial charge is 0.269 e. The van der Waals surface area contributed by atoms with Crippen LogP contribution in [0.4, 0.5) is 5.69 Å². The molecule has 3 rings (SSSR count). The number of aryl methyl sites for hydroxylation is 1. The molecule has 0 radical (unpaired) electrons. The molecular weight excluding hydrogens is 352 g/mol. The fourth-order valence-electron chi connectivity index (χ4n) is 2.44. The van der Waals surface area contributed by atoms with E-state index in [1.54, 1.807) is 31.2 Å². The molecule has 0 atom stereocenters. The van der Waals surface area contributed by atoms with Gasteiger partial charge in [-0.2, -0.15) is 0 Å². The molecule has 0 aliphatic carbocycles. The van der Waals surface area contributed by atoms with E-state index in [9.17, 15) is 18.0 Å². The Morgan fingerprint density at radius 1 is 1.21 bits per heavy atom. The molecule has 1 heterocycles. The number of benzene rings is 2. The van der Waals surface area contributed by atoms with E-state index in [0.717, 1.165) is 5.56 Å². The van der Waals surface area contributed by atoms with Gasteiger partial charge < -0.3 is 5.32 Å². The lowest BCUT2D eigenvalue weighted by Gasteiger charge is -2.15. The number of anilines is 1. The summed E-state index contributed by atoms with van der Waals surface area (Å²) in [6, 6.07) is 10.8. The average molecular weight is 365 g/mol. The van der Waals surface area contributed by atoms with Crippen LogP contribution in [0.2, 0.25) is 5.02 Å². The van der Waals surface area contributed by atoms with E-state index in [4.69, 9.17) is 11.6 Å². The second-order valence-corrected chi connectivity index (χ2v) is 7.56. The number of sulfonamides is 1. The maximum absolute atomic E-state index is 12.4. The van der Waals surface area contributed by atoms with E-state index in [2.05, 4.69) is 5.32 Å². The summed E-state index contributed by atoms with van der Waals surface area (Å²) in [7, 11) is -4.00. The number of rotatable bonds is 3. The van der Waals surface area contributed by atoms with Crippen LogP contribution >= 0.6 is 11.6 Å². The Balaban J connectivity index is 1.80. The highest BCUT2D eigenvalue weighted by Crippen LogP contribution is 2.29. The van der Waals surface area contributed by atoms with Crippen LogP contribution in [-0.2, 0) is 14.8 Å². The van der Waals surface area contributed by atoms with Crippen molar-refractivity contribution >= 4 is 39.1 Å². The molecule has 0 unspecified atom stereocenters. The van der Waals surface area contributed by atoms with Crippen molar-refractivity contribution in [3.05, 3.63) is 58.6 Å². The number of hydrogen-bond acceptors (Lipinski definition) is 4. The Morgan fingerprint density at radius 2 is 1.92 bits per heavy atom. The van der Waals surface area contributed by atoms with Crippen LogP contribution in [0, 0.1) is 6.92 Å². The first-order valence-corrected chi connectivity index (χ1v) is 8.84. The van der Waals surface area contributed by atoms with Crippen LogP contribution in [0.3, 0.4) is 0 Å². The average Bonchev–Trinajstić information content (AvgIpc) is 2.73. The third-order valence-electron chi connectivity index (χ3n) is 3.64. The van der Waals surface area contributed by atoms with Gasteiger partial charge in [0.1, 0.15) is 11.4 Å². The Morgan fingerprint density at radius 3 is 2.58 bits per heavy atom. The summed E-state index contributed by atoms with van der Waals surface area (Å²) in [5.41, 5.74) is 1.32. The van der Waals surface area contributed by atoms with Crippen molar-refractivity contribution in [2.45, 2.75) is 11.8 Å². The van der Waals surface area contributed by atoms with Gasteiger partial charge in [0.05, 0.1) is 5.56 Å². The van der Waals surface area contributed by atoms with Crippen molar-refractivity contribution in [1.29, 1.82) is 0 Å². The topological polar surface area (TPSA) is 83.6 Å². The summed E-state index contributed by atoms with van der Waals surface area (Å²) in [5, 5.41) is 3.12. The number of carbonyl (C=O) groups excluding carboxylic acids is 2. The molecule has 0 bridgehead atoms. The maximum atomic E-state index is 12.4. The molecule has 0 saturated heterocycles. The Bertz CT molecular complexity index is 956. The van der Waals surface area contributed by atoms with Crippen LogP contribution in [0.25, 0.3) is 0 Å². The number of carbonyl (C=O) groups is 2. The van der Waals surface area contributed by atoms with Crippen molar-refractivity contribution < 1.29 is 18.0 Å². The highest BCUT2D eigenvalue weighted by molar-refractivity contribution is 7.90. The highest BCUT2D eigenvalue weighted by atomic mass is 35.5. The Hall–Kier alpha value is -2.38. The normalized spacial score (nSPS) is 15.2. The van der Waals surface area contributed by atoms with Gasteiger partial charge in [0.25, 0.3) is 15.9 Å². The van der Waals surface area contributed by atoms with E-state index in [1.807, 2.05) is 0 Å². The first-order chi connectivity index (χ1) is 11.3. The quantitative estimate of drug-likeness (QED) is 0.906. The monoisotopic (exact) mass is 364 g/mol. The van der Waals surface area contributed by atoms with Crippen molar-refractivity contribution in [2.75, 3.05) is 11.9 Å². The van der Waals surface area contributed by atoms with Crippen LogP contribution in [0.1, 0.15) is 15.9 Å². The minimum Gasteiger partial charge on any atom is -0.325 e. The molecule has 2 aromatic rings. The van der Waals surface area contributed by atoms with E-state index in [0.29, 0.717) is 15.0 Å². The van der Waals surface area contributed by atoms with E-state index in [-0.39, 0.29) is 10.5 Å². The number of nitrogens with one attached hydrogen (secondary N) is 1. The molecule has 124 valence electrons. The van der Waals surface area contributed by atoms with Gasteiger partial charge >= 0.3 is 0 Å². The van der Waals surface area contributed by atoms with Gasteiger partial charge in [-0.25, -0.2) is 12.7 Å². The molecule has 0 fully saturated rings. The standard InChI is InChI=1S/C16H13ClN2O4S/c1-10-8-11(6-7-13(10)17)18-15(20)9-19-16(21)12-4-2-3-5-14(12)24(19,22)23/h2-8H,9H2,1H3,(H,18,20). The highest BCUT2D eigenvalue weighted by Gasteiger charge is 2.41. The molecule has 0 aromatic heterocycles. The van der Waals surface area contributed by atoms with Gasteiger partial charge in [0.15, 0.2) is 0 Å². The Labute approximate surface area is 144 Å². The zero-order chi connectivity index (χ0) is 17.5. The van der Waals surface area contributed by atoms with Crippen molar-refractivity contribution in [1.82, 2.24) is 4.31 Å². The second kappa shape index (κ2) is 5.92. The van der Waals surface area contributed by atoms with Crippen LogP contribution in [0.5, 0.6) is 0 Å². The summed E-state index contributed by atoms with van der Waals surface area (Å²) >= 11 is 5.92. The summed E-state index contributed by atoms with van der Waals surface area (Å²) in [5.74, 6) is -1.31. The van der Waals surface area contributed by atoms with Gasteiger partial charge in [-0.05, 0) is 42.8 Å². The second-order valence-electron chi connectivity index (χ2n) is 5.33. The zero-order valence-electron chi connectivity index (χ0n) is 12.6. The first-order valence-electron chi connectivity index (χ1n) is 7.03. The summed E-state index contributed by atoms with van der Waals surface area (Å²) in [6.07, 6.45) is 0. The lowest BCUT2D eigenvalue weighted by atomic mass is 10.2. The van der Waals surface area contributed by atoms with Gasteiger partial charge in [-0.1, -0.05) is 23.7 Å². The van der Waals surface area contributed by atoms with Crippen LogP contribution in [0.15, 0.2) is 47.4 Å². The summed E-state index contributed by atoms with van der Waals surface area (Å²) in [4.78, 5) is 24.3. The van der Waals surface area contributed by atoms with E-state index < -0.39 is 28.4 Å². The fraction of sp³-hybridized carbons (Fsp3) is 0.125. The molecule has 1 aliphatic rings. The third kappa shape index (κ3) is 2.76. The maximum Gasteiger partial charge on any atom is 0.269 e. The van der Waals surface area contributed by atoms with Crippen LogP contribution < -0.4 is 5.32 Å². The van der Waals surface area contributed by atoms with E-state index in [1.165, 1.54) is 18.2 Å². The number of amides is 2. The summed E-state index contributed by atoms with van der Waals surface area (Å²) in [6.45, 7) is 1.20. The molecule has 1 N–H and O–H groups in total. The first kappa shape index (κ1) is 16.5. The largest absolute Gasteiger partial charge is 0.325 e. The van der Waals surface area contributed by atoms with Crippen LogP contribution in [-0.4, -0.2) is 31.1 Å². The summed E-state index contributed by atoms with van der Waals surface area (Å²) < 4.78 is 25.4. The SMILES string of the molecule is Cc1cc(NC(=O)CN2C(=O)c3ccccc3S2(=O)=O)ccc1Cl. The van der Waals surface area contributed by atoms with Crippen molar-refractivity contribution in [3.8, 4) is 0 Å². The van der Waals surface area contributed by atoms with Crippen molar-refractivity contribution in [2.24, 2.45) is 0 Å². The molecule has 24 heavy (non-hydrogen) atoms. The molecule has 0 saturated carbocycles. The van der Waals surface area contributed by atoms with Gasteiger partial charge in [-0.3, -0.25) is 9.59 Å². The molecule has 1 aliphatic heterocycles. The number of fused-ring (bicyclic) bond motifs is 1. The lowest BCUT2D eigenvalue weighted by Crippen LogP contribution is -2.37. The molecule has 0 spiro atoms. The predicted octanol–water partition coefficient (Wildman–Crippen LogP) is 2.43. The number of hydrogen-bond donors (Lipinski definition) is 1. The van der Waals surface area contributed by atoms with Gasteiger partial charge in [0.2, 0.25) is 5.91 Å². The minimum absolute atomic E-state index is 0.0765. The Kier molecular flexibility index (Phi) is 4.06. The minimum atomic E-state index is -4.00. The molecular formula is C16H13ClN2O4S. The lowest BCUT2D eigenvalue weighted by molar-refractivity contribution is -0.116. The zero-order valence-corrected chi connectivity index (χ0v) is 14.2. The molecule has 6 nitrogen and oxygen atoms in total. The molecule has 2 amide bonds. The molecule has 2 aromatic carbocycles. The third-order valence-corrected chi connectivity index (χ3v) is 5.85. The predicted molar refractivity (Wildman–Crippen MR) is 89.5 cm³/mol. The van der Waals surface area contributed by atoms with E-state index >= 15 is 0 Å². The fourth-order valence-corrected chi connectivity index (χ4v) is 4.08. The molecule has 8 heteroatoms. The number of halogens is 1. The van der Waals surface area contributed by atoms with Crippen molar-refractivity contribution in [3.63, 3.8) is 0 Å².